The van der Waals surface area contributed by atoms with Gasteiger partial charge in [-0.2, -0.15) is 5.10 Å². The first-order valence-corrected chi connectivity index (χ1v) is 7.09. The Morgan fingerprint density at radius 3 is 2.57 bits per heavy atom. The van der Waals surface area contributed by atoms with E-state index in [2.05, 4.69) is 5.10 Å². The molecule has 0 aliphatic heterocycles. The van der Waals surface area contributed by atoms with Gasteiger partial charge in [0, 0.05) is 11.8 Å². The zero-order valence-electron chi connectivity index (χ0n) is 11.5. The molecule has 3 aromatic rings. The average molecular weight is 301 g/mol. The standard InChI is InChI=1S/C17H14ClFN2/c1-12-7-8-13(9-16(12)19)17(18)14-10-20-21(11-14)15-5-3-2-4-6-15/h2-11,17H,1H3. The molecule has 0 spiro atoms. The van der Waals surface area contributed by atoms with Gasteiger partial charge in [-0.15, -0.1) is 11.6 Å². The Morgan fingerprint density at radius 1 is 1.10 bits per heavy atom. The van der Waals surface area contributed by atoms with Crippen LogP contribution in [0.25, 0.3) is 5.69 Å². The third kappa shape index (κ3) is 2.83. The van der Waals surface area contributed by atoms with Gasteiger partial charge in [-0.25, -0.2) is 9.07 Å². The second kappa shape index (κ2) is 5.70. The highest BCUT2D eigenvalue weighted by atomic mass is 35.5. The summed E-state index contributed by atoms with van der Waals surface area (Å²) in [4.78, 5) is 0. The molecule has 0 amide bonds. The Hall–Kier alpha value is -2.13. The lowest BCUT2D eigenvalue weighted by atomic mass is 10.1. The molecule has 106 valence electrons. The number of hydrogen-bond acceptors (Lipinski definition) is 1. The van der Waals surface area contributed by atoms with Crippen molar-refractivity contribution >= 4 is 11.6 Å². The van der Waals surface area contributed by atoms with Gasteiger partial charge in [0.1, 0.15) is 5.82 Å². The first kappa shape index (κ1) is 13.8. The molecule has 1 unspecified atom stereocenters. The predicted molar refractivity (Wildman–Crippen MR) is 82.4 cm³/mol. The van der Waals surface area contributed by atoms with Crippen LogP contribution in [0.5, 0.6) is 0 Å². The van der Waals surface area contributed by atoms with Crippen molar-refractivity contribution in [3.05, 3.63) is 83.4 Å². The van der Waals surface area contributed by atoms with Gasteiger partial charge >= 0.3 is 0 Å². The SMILES string of the molecule is Cc1ccc(C(Cl)c2cnn(-c3ccccc3)c2)cc1F. The van der Waals surface area contributed by atoms with Crippen molar-refractivity contribution in [3.63, 3.8) is 0 Å². The lowest BCUT2D eigenvalue weighted by Crippen LogP contribution is -1.95. The number of aryl methyl sites for hydroxylation is 1. The fourth-order valence-electron chi connectivity index (χ4n) is 2.15. The van der Waals surface area contributed by atoms with Crippen molar-refractivity contribution in [2.24, 2.45) is 0 Å². The summed E-state index contributed by atoms with van der Waals surface area (Å²) in [7, 11) is 0. The predicted octanol–water partition coefficient (Wildman–Crippen LogP) is 4.65. The molecule has 2 nitrogen and oxygen atoms in total. The highest BCUT2D eigenvalue weighted by Crippen LogP contribution is 2.29. The van der Waals surface area contributed by atoms with Crippen LogP contribution in [0.3, 0.4) is 0 Å². The average Bonchev–Trinajstić information content (AvgIpc) is 3.00. The minimum atomic E-state index is -0.419. The van der Waals surface area contributed by atoms with Crippen LogP contribution in [0.4, 0.5) is 4.39 Å². The molecule has 1 atom stereocenters. The van der Waals surface area contributed by atoms with Crippen molar-refractivity contribution in [3.8, 4) is 5.69 Å². The summed E-state index contributed by atoms with van der Waals surface area (Å²) in [6.45, 7) is 1.73. The van der Waals surface area contributed by atoms with Crippen LogP contribution >= 0.6 is 11.6 Å². The van der Waals surface area contributed by atoms with Crippen molar-refractivity contribution < 1.29 is 4.39 Å². The van der Waals surface area contributed by atoms with Gasteiger partial charge in [-0.05, 0) is 36.2 Å². The highest BCUT2D eigenvalue weighted by molar-refractivity contribution is 6.22. The van der Waals surface area contributed by atoms with Gasteiger partial charge in [0.15, 0.2) is 0 Å². The van der Waals surface area contributed by atoms with Crippen LogP contribution in [0.2, 0.25) is 0 Å². The molecule has 2 aromatic carbocycles. The van der Waals surface area contributed by atoms with Crippen LogP contribution in [-0.4, -0.2) is 9.78 Å². The Kier molecular flexibility index (Phi) is 3.76. The molecular weight excluding hydrogens is 287 g/mol. The normalized spacial score (nSPS) is 12.3. The van der Waals surface area contributed by atoms with E-state index >= 15 is 0 Å². The monoisotopic (exact) mass is 300 g/mol. The number of nitrogens with zero attached hydrogens (tertiary/aromatic N) is 2. The van der Waals surface area contributed by atoms with E-state index in [9.17, 15) is 4.39 Å². The second-order valence-corrected chi connectivity index (χ2v) is 5.36. The number of alkyl halides is 1. The lowest BCUT2D eigenvalue weighted by molar-refractivity contribution is 0.616. The molecule has 4 heteroatoms. The maximum atomic E-state index is 13.6. The maximum absolute atomic E-state index is 13.6. The van der Waals surface area contributed by atoms with E-state index in [-0.39, 0.29) is 5.82 Å². The summed E-state index contributed by atoms with van der Waals surface area (Å²) < 4.78 is 15.4. The summed E-state index contributed by atoms with van der Waals surface area (Å²) in [5, 5.41) is 3.89. The fourth-order valence-corrected chi connectivity index (χ4v) is 2.40. The molecule has 0 bridgehead atoms. The van der Waals surface area contributed by atoms with Crippen LogP contribution in [-0.2, 0) is 0 Å². The lowest BCUT2D eigenvalue weighted by Gasteiger charge is -2.08. The summed E-state index contributed by atoms with van der Waals surface area (Å²) in [6.07, 6.45) is 3.58. The van der Waals surface area contributed by atoms with Gasteiger partial charge in [0.05, 0.1) is 17.3 Å². The Labute approximate surface area is 127 Å². The number of hydrogen-bond donors (Lipinski definition) is 0. The summed E-state index contributed by atoms with van der Waals surface area (Å²) in [5.74, 6) is -0.242. The molecule has 3 rings (SSSR count). The summed E-state index contributed by atoms with van der Waals surface area (Å²) in [6, 6.07) is 14.8. The van der Waals surface area contributed by atoms with Crippen LogP contribution in [0.1, 0.15) is 22.1 Å². The molecule has 1 aromatic heterocycles. The first-order chi connectivity index (χ1) is 10.1. The molecule has 1 heterocycles. The van der Waals surface area contributed by atoms with Gasteiger partial charge in [0.25, 0.3) is 0 Å². The maximum Gasteiger partial charge on any atom is 0.126 e. The molecule has 0 aliphatic carbocycles. The minimum Gasteiger partial charge on any atom is -0.241 e. The number of aromatic nitrogens is 2. The fraction of sp³-hybridized carbons (Fsp3) is 0.118. The summed E-state index contributed by atoms with van der Waals surface area (Å²) >= 11 is 6.44. The molecule has 0 aliphatic rings. The zero-order chi connectivity index (χ0) is 14.8. The van der Waals surface area contributed by atoms with Gasteiger partial charge in [0.2, 0.25) is 0 Å². The smallest absolute Gasteiger partial charge is 0.126 e. The van der Waals surface area contributed by atoms with Crippen LogP contribution in [0, 0.1) is 12.7 Å². The zero-order valence-corrected chi connectivity index (χ0v) is 12.3. The molecule has 0 fully saturated rings. The van der Waals surface area contributed by atoms with E-state index in [1.54, 1.807) is 23.9 Å². The third-order valence-corrected chi connectivity index (χ3v) is 3.91. The number of para-hydroxylation sites is 1. The van der Waals surface area contributed by atoms with Crippen LogP contribution in [0.15, 0.2) is 60.9 Å². The minimum absolute atomic E-state index is 0.242. The van der Waals surface area contributed by atoms with Gasteiger partial charge < -0.3 is 0 Å². The van der Waals surface area contributed by atoms with Crippen LogP contribution < -0.4 is 0 Å². The number of benzene rings is 2. The van der Waals surface area contributed by atoms with Crippen molar-refractivity contribution in [1.29, 1.82) is 0 Å². The Bertz CT molecular complexity index is 752. The Morgan fingerprint density at radius 2 is 1.86 bits per heavy atom. The number of rotatable bonds is 3. The van der Waals surface area contributed by atoms with E-state index in [1.807, 2.05) is 42.6 Å². The quantitative estimate of drug-likeness (QED) is 0.644. The van der Waals surface area contributed by atoms with Crippen molar-refractivity contribution in [1.82, 2.24) is 9.78 Å². The summed E-state index contributed by atoms with van der Waals surface area (Å²) in [5.41, 5.74) is 3.14. The number of halogens is 2. The Balaban J connectivity index is 1.90. The highest BCUT2D eigenvalue weighted by Gasteiger charge is 2.14. The largest absolute Gasteiger partial charge is 0.241 e. The van der Waals surface area contributed by atoms with Crippen molar-refractivity contribution in [2.75, 3.05) is 0 Å². The third-order valence-electron chi connectivity index (χ3n) is 3.40. The van der Waals surface area contributed by atoms with E-state index in [0.29, 0.717) is 5.56 Å². The van der Waals surface area contributed by atoms with E-state index in [1.165, 1.54) is 6.07 Å². The van der Waals surface area contributed by atoms with E-state index in [4.69, 9.17) is 11.6 Å². The first-order valence-electron chi connectivity index (χ1n) is 6.65. The van der Waals surface area contributed by atoms with Gasteiger partial charge in [-0.3, -0.25) is 0 Å². The van der Waals surface area contributed by atoms with Gasteiger partial charge in [-0.1, -0.05) is 30.3 Å². The molecule has 0 saturated carbocycles. The van der Waals surface area contributed by atoms with Crippen molar-refractivity contribution in [2.45, 2.75) is 12.3 Å². The molecule has 0 saturated heterocycles. The molecule has 21 heavy (non-hydrogen) atoms. The van der Waals surface area contributed by atoms with E-state index < -0.39 is 5.38 Å². The van der Waals surface area contributed by atoms with E-state index in [0.717, 1.165) is 16.8 Å². The topological polar surface area (TPSA) is 17.8 Å². The molecule has 0 radical (unpaired) electrons. The second-order valence-electron chi connectivity index (χ2n) is 4.92. The molecular formula is C17H14ClFN2. The molecule has 0 N–H and O–H groups in total.